The highest BCUT2D eigenvalue weighted by atomic mass is 79.9. The normalized spacial score (nSPS) is 9.73. The first-order chi connectivity index (χ1) is 7.11. The first-order valence-electron chi connectivity index (χ1n) is 4.32. The predicted molar refractivity (Wildman–Crippen MR) is 57.3 cm³/mol. The maximum atomic E-state index is 11.3. The molecule has 1 rings (SSSR count). The molecule has 0 unspecified atom stereocenters. The summed E-state index contributed by atoms with van der Waals surface area (Å²) in [6.45, 7) is 0. The summed E-state index contributed by atoms with van der Waals surface area (Å²) >= 11 is 3.20. The fourth-order valence-electron chi connectivity index (χ4n) is 1.05. The molecule has 0 atom stereocenters. The Hall–Kier alpha value is -1.23. The molecule has 0 amide bonds. The number of pyridine rings is 1. The van der Waals surface area contributed by atoms with E-state index in [4.69, 9.17) is 0 Å². The molecule has 0 bridgehead atoms. The minimum absolute atomic E-state index is 0.147. The molecule has 1 aromatic rings. The minimum atomic E-state index is -0.519. The van der Waals surface area contributed by atoms with Crippen molar-refractivity contribution < 1.29 is 14.3 Å². The van der Waals surface area contributed by atoms with Crippen LogP contribution in [0.15, 0.2) is 22.8 Å². The van der Waals surface area contributed by atoms with Gasteiger partial charge >= 0.3 is 5.97 Å². The molecule has 0 radical (unpaired) electrons. The number of Topliss-reactive ketones (excluding diaryl/α,β-unsaturated/α-hetero) is 1. The Bertz CT molecular complexity index is 379. The lowest BCUT2D eigenvalue weighted by Crippen LogP contribution is -2.12. The van der Waals surface area contributed by atoms with Gasteiger partial charge in [-0.25, -0.2) is 4.98 Å². The molecule has 0 fully saturated rings. The second-order valence-corrected chi connectivity index (χ2v) is 3.73. The molecule has 0 aliphatic carbocycles. The number of ketones is 1. The highest BCUT2D eigenvalue weighted by Crippen LogP contribution is 2.07. The van der Waals surface area contributed by atoms with Crippen LogP contribution in [0.4, 0.5) is 0 Å². The van der Waals surface area contributed by atoms with Crippen LogP contribution >= 0.6 is 15.9 Å². The van der Waals surface area contributed by atoms with Gasteiger partial charge in [-0.3, -0.25) is 9.59 Å². The van der Waals surface area contributed by atoms with Gasteiger partial charge in [0.15, 0.2) is 0 Å². The summed E-state index contributed by atoms with van der Waals surface area (Å²) in [5, 5.41) is 0. The van der Waals surface area contributed by atoms with Gasteiger partial charge in [-0.1, -0.05) is 6.07 Å². The van der Waals surface area contributed by atoms with Gasteiger partial charge in [-0.2, -0.15) is 0 Å². The van der Waals surface area contributed by atoms with Gasteiger partial charge < -0.3 is 4.74 Å². The average Bonchev–Trinajstić information content (AvgIpc) is 2.17. The SMILES string of the molecule is COC(=O)CC(=O)Cc1cccc(Br)n1. The molecule has 0 spiro atoms. The minimum Gasteiger partial charge on any atom is -0.469 e. The molecule has 80 valence electrons. The number of esters is 1. The predicted octanol–water partition coefficient (Wildman–Crippen LogP) is 1.52. The van der Waals surface area contributed by atoms with E-state index in [9.17, 15) is 9.59 Å². The third kappa shape index (κ3) is 4.20. The van der Waals surface area contributed by atoms with Crippen LogP contribution in [0.25, 0.3) is 0 Å². The van der Waals surface area contributed by atoms with Crippen molar-refractivity contribution in [1.29, 1.82) is 0 Å². The van der Waals surface area contributed by atoms with Crippen LogP contribution in [0.3, 0.4) is 0 Å². The number of carbonyl (C=O) groups excluding carboxylic acids is 2. The molecular weight excluding hydrogens is 262 g/mol. The van der Waals surface area contributed by atoms with Crippen molar-refractivity contribution in [3.63, 3.8) is 0 Å². The number of carbonyl (C=O) groups is 2. The maximum absolute atomic E-state index is 11.3. The van der Waals surface area contributed by atoms with Crippen molar-refractivity contribution in [2.75, 3.05) is 7.11 Å². The number of hydrogen-bond donors (Lipinski definition) is 0. The largest absolute Gasteiger partial charge is 0.469 e. The lowest BCUT2D eigenvalue weighted by atomic mass is 10.1. The average molecular weight is 272 g/mol. The Kier molecular flexibility index (Phi) is 4.42. The molecule has 0 saturated heterocycles. The monoisotopic (exact) mass is 271 g/mol. The number of rotatable bonds is 4. The van der Waals surface area contributed by atoms with Gasteiger partial charge in [-0.05, 0) is 28.1 Å². The fraction of sp³-hybridized carbons (Fsp3) is 0.300. The Balaban J connectivity index is 2.55. The van der Waals surface area contributed by atoms with E-state index in [0.717, 1.165) is 0 Å². The fourth-order valence-corrected chi connectivity index (χ4v) is 1.43. The lowest BCUT2D eigenvalue weighted by Gasteiger charge is -2.00. The number of ether oxygens (including phenoxy) is 1. The molecular formula is C10H10BrNO3. The van der Waals surface area contributed by atoms with Gasteiger partial charge in [0.25, 0.3) is 0 Å². The number of halogens is 1. The van der Waals surface area contributed by atoms with Gasteiger partial charge in [0, 0.05) is 12.1 Å². The topological polar surface area (TPSA) is 56.3 Å². The summed E-state index contributed by atoms with van der Waals surface area (Å²) in [5.41, 5.74) is 0.637. The van der Waals surface area contributed by atoms with Gasteiger partial charge in [0.2, 0.25) is 0 Å². The number of hydrogen-bond acceptors (Lipinski definition) is 4. The van der Waals surface area contributed by atoms with E-state index in [0.29, 0.717) is 10.3 Å². The van der Waals surface area contributed by atoms with E-state index < -0.39 is 5.97 Å². The Labute approximate surface area is 95.8 Å². The van der Waals surface area contributed by atoms with Crippen LogP contribution in [-0.4, -0.2) is 23.8 Å². The van der Waals surface area contributed by atoms with Crippen molar-refractivity contribution in [3.8, 4) is 0 Å². The highest BCUT2D eigenvalue weighted by molar-refractivity contribution is 9.10. The zero-order valence-corrected chi connectivity index (χ0v) is 9.78. The molecule has 0 N–H and O–H groups in total. The summed E-state index contributed by atoms with van der Waals surface area (Å²) < 4.78 is 5.06. The standard InChI is InChI=1S/C10H10BrNO3/c1-15-10(14)6-8(13)5-7-3-2-4-9(11)12-7/h2-4H,5-6H2,1H3. The summed E-state index contributed by atoms with van der Waals surface area (Å²) in [6, 6.07) is 5.30. The van der Waals surface area contributed by atoms with Crippen LogP contribution < -0.4 is 0 Å². The third-order valence-corrected chi connectivity index (χ3v) is 2.16. The summed E-state index contributed by atoms with van der Waals surface area (Å²) in [4.78, 5) is 26.2. The first kappa shape index (κ1) is 11.8. The first-order valence-corrected chi connectivity index (χ1v) is 5.11. The van der Waals surface area contributed by atoms with Crippen LogP contribution in [-0.2, 0) is 20.7 Å². The summed E-state index contributed by atoms with van der Waals surface area (Å²) in [7, 11) is 1.26. The van der Waals surface area contributed by atoms with Crippen molar-refractivity contribution >= 4 is 27.7 Å². The van der Waals surface area contributed by atoms with Crippen molar-refractivity contribution in [2.24, 2.45) is 0 Å². The van der Waals surface area contributed by atoms with E-state index in [1.165, 1.54) is 7.11 Å². The molecule has 0 aromatic carbocycles. The number of aromatic nitrogens is 1. The maximum Gasteiger partial charge on any atom is 0.313 e. The number of methoxy groups -OCH3 is 1. The number of nitrogens with zero attached hydrogens (tertiary/aromatic N) is 1. The van der Waals surface area contributed by atoms with E-state index in [1.807, 2.05) is 0 Å². The van der Waals surface area contributed by atoms with E-state index in [-0.39, 0.29) is 18.6 Å². The zero-order chi connectivity index (χ0) is 11.3. The Morgan fingerprint density at radius 1 is 1.47 bits per heavy atom. The van der Waals surface area contributed by atoms with Crippen molar-refractivity contribution in [3.05, 3.63) is 28.5 Å². The Morgan fingerprint density at radius 3 is 2.80 bits per heavy atom. The third-order valence-electron chi connectivity index (χ3n) is 1.72. The highest BCUT2D eigenvalue weighted by Gasteiger charge is 2.10. The van der Waals surface area contributed by atoms with E-state index >= 15 is 0 Å². The van der Waals surface area contributed by atoms with Crippen LogP contribution in [0, 0.1) is 0 Å². The van der Waals surface area contributed by atoms with E-state index in [1.54, 1.807) is 18.2 Å². The van der Waals surface area contributed by atoms with Crippen LogP contribution in [0.5, 0.6) is 0 Å². The van der Waals surface area contributed by atoms with E-state index in [2.05, 4.69) is 25.7 Å². The Morgan fingerprint density at radius 2 is 2.20 bits per heavy atom. The van der Waals surface area contributed by atoms with Gasteiger partial charge in [0.05, 0.1) is 7.11 Å². The van der Waals surface area contributed by atoms with Gasteiger partial charge in [-0.15, -0.1) is 0 Å². The summed E-state index contributed by atoms with van der Waals surface area (Å²) in [6.07, 6.45) is -0.0563. The molecule has 1 aromatic heterocycles. The second kappa shape index (κ2) is 5.60. The molecule has 5 heteroatoms. The molecule has 0 aliphatic rings. The van der Waals surface area contributed by atoms with Crippen molar-refractivity contribution in [2.45, 2.75) is 12.8 Å². The zero-order valence-electron chi connectivity index (χ0n) is 8.20. The smallest absolute Gasteiger partial charge is 0.313 e. The molecule has 4 nitrogen and oxygen atoms in total. The van der Waals surface area contributed by atoms with Crippen molar-refractivity contribution in [1.82, 2.24) is 4.98 Å². The molecule has 0 aliphatic heterocycles. The quantitative estimate of drug-likeness (QED) is 0.473. The molecule has 0 saturated carbocycles. The summed E-state index contributed by atoms with van der Waals surface area (Å²) in [5.74, 6) is -0.720. The van der Waals surface area contributed by atoms with Crippen LogP contribution in [0.2, 0.25) is 0 Å². The molecule has 1 heterocycles. The van der Waals surface area contributed by atoms with Gasteiger partial charge in [0.1, 0.15) is 16.8 Å². The lowest BCUT2D eigenvalue weighted by molar-refractivity contribution is -0.143. The second-order valence-electron chi connectivity index (χ2n) is 2.92. The van der Waals surface area contributed by atoms with Crippen LogP contribution in [0.1, 0.15) is 12.1 Å². The molecule has 15 heavy (non-hydrogen) atoms.